The average Bonchev–Trinajstić information content (AvgIpc) is 2.53. The molecule has 0 aliphatic carbocycles. The van der Waals surface area contributed by atoms with E-state index in [1.807, 2.05) is 0 Å². The molecule has 11 heteroatoms. The molecular formula is C15H9ClF3N3O3S. The molecule has 0 amide bonds. The molecule has 26 heavy (non-hydrogen) atoms. The van der Waals surface area contributed by atoms with E-state index in [9.17, 15) is 26.4 Å². The largest absolute Gasteiger partial charge is 0.416 e. The summed E-state index contributed by atoms with van der Waals surface area (Å²) in [5, 5.41) is 8.99. The van der Waals surface area contributed by atoms with Crippen molar-refractivity contribution in [1.29, 1.82) is 0 Å². The first-order valence-corrected chi connectivity index (χ1v) is 8.83. The van der Waals surface area contributed by atoms with E-state index >= 15 is 0 Å². The molecule has 0 aliphatic heterocycles. The van der Waals surface area contributed by atoms with E-state index in [2.05, 4.69) is 5.10 Å². The molecule has 136 valence electrons. The molecule has 0 bridgehead atoms. The lowest BCUT2D eigenvalue weighted by Gasteiger charge is -2.10. The Kier molecular flexibility index (Phi) is 4.29. The van der Waals surface area contributed by atoms with Crippen molar-refractivity contribution in [2.75, 3.05) is 0 Å². The Morgan fingerprint density at radius 1 is 1.12 bits per heavy atom. The van der Waals surface area contributed by atoms with Crippen molar-refractivity contribution in [3.63, 3.8) is 0 Å². The normalized spacial score (nSPS) is 12.5. The molecule has 0 spiro atoms. The molecule has 0 fully saturated rings. The summed E-state index contributed by atoms with van der Waals surface area (Å²) in [5.74, 6) is 0. The van der Waals surface area contributed by atoms with Crippen molar-refractivity contribution in [1.82, 2.24) is 9.78 Å². The number of halogens is 4. The summed E-state index contributed by atoms with van der Waals surface area (Å²) in [6.45, 7) is 0. The maximum atomic E-state index is 12.6. The minimum Gasteiger partial charge on any atom is -0.267 e. The number of nitrogens with zero attached hydrogens (tertiary/aromatic N) is 2. The van der Waals surface area contributed by atoms with Crippen LogP contribution < -0.4 is 10.7 Å². The summed E-state index contributed by atoms with van der Waals surface area (Å²) in [5.41, 5.74) is -1.53. The fraction of sp³-hybridized carbons (Fsp3) is 0.0667. The molecule has 0 saturated carbocycles. The fourth-order valence-electron chi connectivity index (χ4n) is 2.34. The fourth-order valence-corrected chi connectivity index (χ4v) is 3.45. The highest BCUT2D eigenvalue weighted by molar-refractivity contribution is 7.89. The van der Waals surface area contributed by atoms with Crippen LogP contribution in [0.2, 0.25) is 5.02 Å². The van der Waals surface area contributed by atoms with Crippen LogP contribution in [0.15, 0.2) is 52.3 Å². The molecule has 6 nitrogen and oxygen atoms in total. The predicted octanol–water partition coefficient (Wildman–Crippen LogP) is 2.71. The van der Waals surface area contributed by atoms with Crippen molar-refractivity contribution < 1.29 is 21.6 Å². The SMILES string of the molecule is NS(=O)(=O)c1cc2c(=O)n(-c3ccc(C(F)(F)F)cc3)ncc2cc1Cl. The van der Waals surface area contributed by atoms with Crippen LogP contribution in [0.1, 0.15) is 5.56 Å². The van der Waals surface area contributed by atoms with E-state index in [-0.39, 0.29) is 21.5 Å². The van der Waals surface area contributed by atoms with E-state index in [4.69, 9.17) is 16.7 Å². The lowest BCUT2D eigenvalue weighted by atomic mass is 10.2. The molecule has 2 N–H and O–H groups in total. The number of hydrogen-bond donors (Lipinski definition) is 1. The minimum atomic E-state index is -4.51. The van der Waals surface area contributed by atoms with Gasteiger partial charge in [0.25, 0.3) is 5.56 Å². The molecule has 3 aromatic rings. The van der Waals surface area contributed by atoms with Gasteiger partial charge >= 0.3 is 6.18 Å². The van der Waals surface area contributed by atoms with Gasteiger partial charge in [-0.05, 0) is 36.4 Å². The third kappa shape index (κ3) is 3.30. The number of primary sulfonamides is 1. The molecule has 0 radical (unpaired) electrons. The van der Waals surface area contributed by atoms with E-state index in [1.165, 1.54) is 12.3 Å². The van der Waals surface area contributed by atoms with Gasteiger partial charge < -0.3 is 0 Å². The van der Waals surface area contributed by atoms with Crippen LogP contribution in [0, 0.1) is 0 Å². The van der Waals surface area contributed by atoms with Gasteiger partial charge in [-0.1, -0.05) is 11.6 Å². The van der Waals surface area contributed by atoms with Crippen molar-refractivity contribution in [2.45, 2.75) is 11.1 Å². The summed E-state index contributed by atoms with van der Waals surface area (Å²) in [4.78, 5) is 12.2. The van der Waals surface area contributed by atoms with Crippen molar-refractivity contribution in [2.24, 2.45) is 5.14 Å². The monoisotopic (exact) mass is 403 g/mol. The highest BCUT2D eigenvalue weighted by atomic mass is 35.5. The number of hydrogen-bond acceptors (Lipinski definition) is 4. The molecular weight excluding hydrogens is 395 g/mol. The molecule has 1 heterocycles. The van der Waals surface area contributed by atoms with Gasteiger partial charge in [-0.15, -0.1) is 0 Å². The lowest BCUT2D eigenvalue weighted by molar-refractivity contribution is -0.137. The second-order valence-corrected chi connectivity index (χ2v) is 7.26. The van der Waals surface area contributed by atoms with Crippen LogP contribution in [0.4, 0.5) is 13.2 Å². The first-order valence-electron chi connectivity index (χ1n) is 6.90. The van der Waals surface area contributed by atoms with E-state index in [0.29, 0.717) is 0 Å². The topological polar surface area (TPSA) is 95.0 Å². The van der Waals surface area contributed by atoms with Crippen LogP contribution in [0.25, 0.3) is 16.5 Å². The molecule has 0 aliphatic rings. The van der Waals surface area contributed by atoms with Gasteiger partial charge in [0.05, 0.1) is 27.9 Å². The zero-order valence-electron chi connectivity index (χ0n) is 12.7. The van der Waals surface area contributed by atoms with Gasteiger partial charge in [-0.2, -0.15) is 23.0 Å². The van der Waals surface area contributed by atoms with Gasteiger partial charge in [-0.25, -0.2) is 13.6 Å². The Labute approximate surface area is 149 Å². The summed E-state index contributed by atoms with van der Waals surface area (Å²) < 4.78 is 61.9. The predicted molar refractivity (Wildman–Crippen MR) is 88.7 cm³/mol. The van der Waals surface area contributed by atoms with Crippen LogP contribution in [0.5, 0.6) is 0 Å². The molecule has 1 aromatic heterocycles. The lowest BCUT2D eigenvalue weighted by Crippen LogP contribution is -2.22. The minimum absolute atomic E-state index is 0.0478. The highest BCUT2D eigenvalue weighted by Gasteiger charge is 2.30. The zero-order valence-corrected chi connectivity index (χ0v) is 14.2. The van der Waals surface area contributed by atoms with Gasteiger partial charge in [0.15, 0.2) is 0 Å². The number of sulfonamides is 1. The Balaban J connectivity index is 2.21. The van der Waals surface area contributed by atoms with Crippen LogP contribution in [-0.4, -0.2) is 18.2 Å². The Morgan fingerprint density at radius 2 is 1.73 bits per heavy atom. The Morgan fingerprint density at radius 3 is 2.27 bits per heavy atom. The smallest absolute Gasteiger partial charge is 0.267 e. The van der Waals surface area contributed by atoms with Gasteiger partial charge in [-0.3, -0.25) is 4.79 Å². The molecule has 0 unspecified atom stereocenters. The van der Waals surface area contributed by atoms with Crippen LogP contribution in [0.3, 0.4) is 0 Å². The second kappa shape index (κ2) is 6.08. The summed E-state index contributed by atoms with van der Waals surface area (Å²) in [6, 6.07) is 6.02. The Hall–Kier alpha value is -2.43. The summed E-state index contributed by atoms with van der Waals surface area (Å²) >= 11 is 5.85. The number of benzene rings is 2. The first-order chi connectivity index (χ1) is 12.0. The van der Waals surface area contributed by atoms with E-state index in [1.54, 1.807) is 0 Å². The van der Waals surface area contributed by atoms with Gasteiger partial charge in [0, 0.05) is 5.39 Å². The number of fused-ring (bicyclic) bond motifs is 1. The zero-order chi connectivity index (χ0) is 19.3. The molecule has 0 saturated heterocycles. The van der Waals surface area contributed by atoms with Crippen molar-refractivity contribution >= 4 is 32.4 Å². The van der Waals surface area contributed by atoms with Crippen LogP contribution >= 0.6 is 11.6 Å². The average molecular weight is 404 g/mol. The molecule has 3 rings (SSSR count). The number of nitrogens with two attached hydrogens (primary N) is 1. The maximum Gasteiger partial charge on any atom is 0.416 e. The third-order valence-electron chi connectivity index (χ3n) is 3.58. The van der Waals surface area contributed by atoms with E-state index in [0.717, 1.165) is 35.0 Å². The summed E-state index contributed by atoms with van der Waals surface area (Å²) in [7, 11) is -4.17. The third-order valence-corrected chi connectivity index (χ3v) is 4.96. The van der Waals surface area contributed by atoms with Gasteiger partial charge in [0.2, 0.25) is 10.0 Å². The second-order valence-electron chi connectivity index (χ2n) is 5.32. The maximum absolute atomic E-state index is 12.6. The van der Waals surface area contributed by atoms with Crippen molar-refractivity contribution in [3.05, 3.63) is 63.5 Å². The van der Waals surface area contributed by atoms with Crippen LogP contribution in [-0.2, 0) is 16.2 Å². The quantitative estimate of drug-likeness (QED) is 0.711. The molecule has 2 aromatic carbocycles. The van der Waals surface area contributed by atoms with Gasteiger partial charge in [0.1, 0.15) is 4.90 Å². The molecule has 0 atom stereocenters. The number of alkyl halides is 3. The number of rotatable bonds is 2. The highest BCUT2D eigenvalue weighted by Crippen LogP contribution is 2.29. The number of aromatic nitrogens is 2. The summed E-state index contributed by atoms with van der Waals surface area (Å²) in [6.07, 6.45) is -3.27. The first kappa shape index (κ1) is 18.4. The van der Waals surface area contributed by atoms with Crippen molar-refractivity contribution in [3.8, 4) is 5.69 Å². The standard InChI is InChI=1S/C15H9ClF3N3O3S/c16-12-5-8-7-21-22(10-3-1-9(2-4-10)15(17,18)19)14(23)11(8)6-13(12)26(20,24)25/h1-7H,(H2,20,24,25). The van der Waals surface area contributed by atoms with E-state index < -0.39 is 32.2 Å². The Bertz CT molecular complexity index is 1170.